The summed E-state index contributed by atoms with van der Waals surface area (Å²) < 4.78 is 5.39. The first kappa shape index (κ1) is 14.7. The zero-order valence-corrected chi connectivity index (χ0v) is 12.0. The van der Waals surface area contributed by atoms with Crippen LogP contribution in [0.25, 0.3) is 0 Å². The zero-order valence-electron chi connectivity index (χ0n) is 12.0. The van der Waals surface area contributed by atoms with Gasteiger partial charge in [0.05, 0.1) is 0 Å². The number of hydrogen-bond donors (Lipinski definition) is 2. The third-order valence-corrected chi connectivity index (χ3v) is 3.44. The van der Waals surface area contributed by atoms with Gasteiger partial charge in [0.2, 0.25) is 0 Å². The summed E-state index contributed by atoms with van der Waals surface area (Å²) in [4.78, 5) is 14.1. The molecule has 0 spiro atoms. The van der Waals surface area contributed by atoms with E-state index in [9.17, 15) is 4.79 Å². The molecular formula is C15H23N3O2. The molecule has 1 fully saturated rings. The molecule has 1 aliphatic rings. The van der Waals surface area contributed by atoms with Crippen molar-refractivity contribution < 1.29 is 9.53 Å². The summed E-state index contributed by atoms with van der Waals surface area (Å²) in [5, 5.41) is 2.88. The number of rotatable bonds is 8. The first-order valence-electron chi connectivity index (χ1n) is 7.18. The minimum Gasteiger partial charge on any atom is -0.484 e. The number of carbonyl (C=O) groups is 1. The Morgan fingerprint density at radius 3 is 2.70 bits per heavy atom. The van der Waals surface area contributed by atoms with E-state index in [-0.39, 0.29) is 12.5 Å². The molecule has 3 N–H and O–H groups in total. The van der Waals surface area contributed by atoms with Crippen LogP contribution in [-0.4, -0.2) is 43.1 Å². The number of anilines is 1. The fourth-order valence-corrected chi connectivity index (χ4v) is 2.14. The maximum Gasteiger partial charge on any atom is 0.257 e. The van der Waals surface area contributed by atoms with Crippen molar-refractivity contribution in [2.75, 3.05) is 32.0 Å². The third kappa shape index (κ3) is 4.74. The van der Waals surface area contributed by atoms with Gasteiger partial charge in [-0.15, -0.1) is 0 Å². The van der Waals surface area contributed by atoms with E-state index in [2.05, 4.69) is 17.1 Å². The molecule has 2 rings (SSSR count). The van der Waals surface area contributed by atoms with Crippen molar-refractivity contribution >= 4 is 11.6 Å². The molecule has 0 bridgehead atoms. The summed E-state index contributed by atoms with van der Waals surface area (Å²) >= 11 is 0. The predicted octanol–water partition coefficient (Wildman–Crippen LogP) is 1.25. The lowest BCUT2D eigenvalue weighted by molar-refractivity contribution is -0.123. The van der Waals surface area contributed by atoms with Gasteiger partial charge in [0.25, 0.3) is 5.91 Å². The summed E-state index contributed by atoms with van der Waals surface area (Å²) in [6.45, 7) is 4.83. The van der Waals surface area contributed by atoms with Gasteiger partial charge in [-0.2, -0.15) is 0 Å². The van der Waals surface area contributed by atoms with E-state index >= 15 is 0 Å². The molecule has 1 aromatic carbocycles. The zero-order chi connectivity index (χ0) is 14.4. The Balaban J connectivity index is 1.61. The SMILES string of the molecule is CCN(CCNC(=O)COc1ccc(N)cc1)C1CC1. The van der Waals surface area contributed by atoms with E-state index in [1.54, 1.807) is 24.3 Å². The number of nitrogens with zero attached hydrogens (tertiary/aromatic N) is 1. The highest BCUT2D eigenvalue weighted by atomic mass is 16.5. The van der Waals surface area contributed by atoms with Gasteiger partial charge < -0.3 is 15.8 Å². The number of hydrogen-bond acceptors (Lipinski definition) is 4. The average molecular weight is 277 g/mol. The maximum atomic E-state index is 11.7. The molecule has 20 heavy (non-hydrogen) atoms. The molecular weight excluding hydrogens is 254 g/mol. The van der Waals surface area contributed by atoms with Crippen LogP contribution in [0.2, 0.25) is 0 Å². The molecule has 0 radical (unpaired) electrons. The van der Waals surface area contributed by atoms with Crippen molar-refractivity contribution in [2.45, 2.75) is 25.8 Å². The molecule has 0 aromatic heterocycles. The summed E-state index contributed by atoms with van der Waals surface area (Å²) in [6.07, 6.45) is 2.59. The standard InChI is InChI=1S/C15H23N3O2/c1-2-18(13-5-6-13)10-9-17-15(19)11-20-14-7-3-12(16)4-8-14/h3-4,7-8,13H,2,5-6,9-11,16H2,1H3,(H,17,19). The smallest absolute Gasteiger partial charge is 0.257 e. The van der Waals surface area contributed by atoms with Gasteiger partial charge >= 0.3 is 0 Å². The van der Waals surface area contributed by atoms with Gasteiger partial charge in [-0.1, -0.05) is 6.92 Å². The Kier molecular flexibility index (Phi) is 5.24. The molecule has 1 saturated carbocycles. The van der Waals surface area contributed by atoms with Crippen LogP contribution in [0, 0.1) is 0 Å². The van der Waals surface area contributed by atoms with Gasteiger partial charge in [0, 0.05) is 24.8 Å². The Bertz CT molecular complexity index is 429. The number of nitrogen functional groups attached to an aromatic ring is 1. The van der Waals surface area contributed by atoms with Crippen LogP contribution in [0.1, 0.15) is 19.8 Å². The molecule has 0 saturated heterocycles. The van der Waals surface area contributed by atoms with Crippen LogP contribution in [0.4, 0.5) is 5.69 Å². The second kappa shape index (κ2) is 7.14. The number of amides is 1. The normalized spacial score (nSPS) is 14.3. The van der Waals surface area contributed by atoms with Crippen molar-refractivity contribution in [3.05, 3.63) is 24.3 Å². The van der Waals surface area contributed by atoms with Crippen LogP contribution in [0.3, 0.4) is 0 Å². The topological polar surface area (TPSA) is 67.6 Å². The van der Waals surface area contributed by atoms with E-state index in [1.807, 2.05) is 0 Å². The minimum absolute atomic E-state index is 0.0411. The van der Waals surface area contributed by atoms with E-state index in [0.717, 1.165) is 19.1 Å². The Hall–Kier alpha value is -1.75. The van der Waals surface area contributed by atoms with Crippen molar-refractivity contribution in [3.8, 4) is 5.75 Å². The average Bonchev–Trinajstić information content (AvgIpc) is 3.27. The van der Waals surface area contributed by atoms with Crippen LogP contribution >= 0.6 is 0 Å². The number of nitrogens with one attached hydrogen (secondary N) is 1. The molecule has 1 amide bonds. The number of nitrogens with two attached hydrogens (primary N) is 1. The molecule has 1 aromatic rings. The predicted molar refractivity (Wildman–Crippen MR) is 79.6 cm³/mol. The number of likely N-dealkylation sites (N-methyl/N-ethyl adjacent to an activating group) is 1. The summed E-state index contributed by atoms with van der Waals surface area (Å²) in [5.74, 6) is 0.566. The second-order valence-electron chi connectivity index (χ2n) is 5.07. The highest BCUT2D eigenvalue weighted by molar-refractivity contribution is 5.77. The Morgan fingerprint density at radius 1 is 1.40 bits per heavy atom. The van der Waals surface area contributed by atoms with E-state index in [4.69, 9.17) is 10.5 Å². The Morgan fingerprint density at radius 2 is 2.10 bits per heavy atom. The van der Waals surface area contributed by atoms with E-state index in [1.165, 1.54) is 12.8 Å². The monoisotopic (exact) mass is 277 g/mol. The fraction of sp³-hybridized carbons (Fsp3) is 0.533. The van der Waals surface area contributed by atoms with Crippen LogP contribution in [-0.2, 0) is 4.79 Å². The van der Waals surface area contributed by atoms with Crippen molar-refractivity contribution in [3.63, 3.8) is 0 Å². The molecule has 0 heterocycles. The number of ether oxygens (including phenoxy) is 1. The lowest BCUT2D eigenvalue weighted by Gasteiger charge is -2.19. The fourth-order valence-electron chi connectivity index (χ4n) is 2.14. The largest absolute Gasteiger partial charge is 0.484 e. The van der Waals surface area contributed by atoms with Crippen LogP contribution in [0.5, 0.6) is 5.75 Å². The van der Waals surface area contributed by atoms with Crippen molar-refractivity contribution in [1.29, 1.82) is 0 Å². The third-order valence-electron chi connectivity index (χ3n) is 3.44. The summed E-state index contributed by atoms with van der Waals surface area (Å²) in [6, 6.07) is 7.76. The van der Waals surface area contributed by atoms with Crippen molar-refractivity contribution in [2.24, 2.45) is 0 Å². The molecule has 5 heteroatoms. The molecule has 0 aliphatic heterocycles. The molecule has 0 atom stereocenters. The van der Waals surface area contributed by atoms with Gasteiger partial charge in [0.15, 0.2) is 6.61 Å². The lowest BCUT2D eigenvalue weighted by atomic mass is 10.3. The molecule has 5 nitrogen and oxygen atoms in total. The first-order valence-corrected chi connectivity index (χ1v) is 7.18. The van der Waals surface area contributed by atoms with E-state index < -0.39 is 0 Å². The van der Waals surface area contributed by atoms with Crippen molar-refractivity contribution in [1.82, 2.24) is 10.2 Å². The summed E-state index contributed by atoms with van der Waals surface area (Å²) in [7, 11) is 0. The number of carbonyl (C=O) groups excluding carboxylic acids is 1. The van der Waals surface area contributed by atoms with Crippen LogP contribution < -0.4 is 15.8 Å². The highest BCUT2D eigenvalue weighted by Gasteiger charge is 2.27. The lowest BCUT2D eigenvalue weighted by Crippen LogP contribution is -2.37. The van der Waals surface area contributed by atoms with Gasteiger partial charge in [0.1, 0.15) is 5.75 Å². The molecule has 1 aliphatic carbocycles. The second-order valence-corrected chi connectivity index (χ2v) is 5.07. The molecule has 110 valence electrons. The maximum absolute atomic E-state index is 11.7. The Labute approximate surface area is 120 Å². The quantitative estimate of drug-likeness (QED) is 0.702. The van der Waals surface area contributed by atoms with Crippen LogP contribution in [0.15, 0.2) is 24.3 Å². The van der Waals surface area contributed by atoms with Gasteiger partial charge in [-0.3, -0.25) is 9.69 Å². The van der Waals surface area contributed by atoms with E-state index in [0.29, 0.717) is 18.0 Å². The van der Waals surface area contributed by atoms with Gasteiger partial charge in [-0.25, -0.2) is 0 Å². The number of benzene rings is 1. The van der Waals surface area contributed by atoms with Gasteiger partial charge in [-0.05, 0) is 43.7 Å². The first-order chi connectivity index (χ1) is 9.69. The molecule has 0 unspecified atom stereocenters. The summed E-state index contributed by atoms with van der Waals surface area (Å²) in [5.41, 5.74) is 6.26. The minimum atomic E-state index is -0.0892. The highest BCUT2D eigenvalue weighted by Crippen LogP contribution is 2.25.